The number of aryl methyl sites for hydroxylation is 1. The molecule has 2 heterocycles. The fraction of sp³-hybridized carbons (Fsp3) is 0.133. The maximum Gasteiger partial charge on any atom is 0.269 e. The van der Waals surface area contributed by atoms with Crippen molar-refractivity contribution < 1.29 is 4.79 Å². The molecule has 0 unspecified atom stereocenters. The van der Waals surface area contributed by atoms with Crippen LogP contribution in [0.2, 0.25) is 0 Å². The van der Waals surface area contributed by atoms with Crippen molar-refractivity contribution in [2.75, 3.05) is 0 Å². The number of amides is 1. The molecular weight excluding hydrogens is 364 g/mol. The predicted molar refractivity (Wildman–Crippen MR) is 89.7 cm³/mol. The number of nitrogens with zero attached hydrogens (tertiary/aromatic N) is 2. The highest BCUT2D eigenvalue weighted by atomic mass is 79.9. The summed E-state index contributed by atoms with van der Waals surface area (Å²) < 4.78 is 1.00. The van der Waals surface area contributed by atoms with Gasteiger partial charge < -0.3 is 5.32 Å². The maximum absolute atomic E-state index is 12.1. The van der Waals surface area contributed by atoms with E-state index in [2.05, 4.69) is 36.4 Å². The van der Waals surface area contributed by atoms with E-state index in [0.717, 1.165) is 26.4 Å². The van der Waals surface area contributed by atoms with Crippen LogP contribution >= 0.6 is 27.3 Å². The third-order valence-corrected chi connectivity index (χ3v) is 4.52. The van der Waals surface area contributed by atoms with E-state index in [1.54, 1.807) is 6.07 Å². The van der Waals surface area contributed by atoms with Crippen LogP contribution in [0.15, 0.2) is 40.2 Å². The SMILES string of the molecule is Cc1csc(CNC(=O)c2cc(-c3ccc(Br)cc3)n[nH]2)n1. The molecule has 3 aromatic rings. The monoisotopic (exact) mass is 376 g/mol. The van der Waals surface area contributed by atoms with E-state index in [1.807, 2.05) is 36.6 Å². The number of nitrogens with one attached hydrogen (secondary N) is 2. The summed E-state index contributed by atoms with van der Waals surface area (Å²) >= 11 is 4.93. The minimum absolute atomic E-state index is 0.191. The molecule has 0 atom stereocenters. The van der Waals surface area contributed by atoms with Gasteiger partial charge in [-0.3, -0.25) is 9.89 Å². The number of rotatable bonds is 4. The lowest BCUT2D eigenvalue weighted by Crippen LogP contribution is -2.23. The molecule has 0 aliphatic heterocycles. The fourth-order valence-corrected chi connectivity index (χ4v) is 2.92. The van der Waals surface area contributed by atoms with Crippen molar-refractivity contribution >= 4 is 33.2 Å². The molecule has 0 spiro atoms. The average molecular weight is 377 g/mol. The number of carbonyl (C=O) groups excluding carboxylic acids is 1. The molecule has 0 saturated heterocycles. The second-order valence-electron chi connectivity index (χ2n) is 4.74. The number of hydrogen-bond acceptors (Lipinski definition) is 4. The molecule has 0 aliphatic carbocycles. The van der Waals surface area contributed by atoms with E-state index in [4.69, 9.17) is 0 Å². The normalized spacial score (nSPS) is 10.6. The van der Waals surface area contributed by atoms with Crippen LogP contribution in [0.1, 0.15) is 21.2 Å². The number of aromatic nitrogens is 3. The van der Waals surface area contributed by atoms with Crippen molar-refractivity contribution in [2.24, 2.45) is 0 Å². The molecule has 0 radical (unpaired) electrons. The van der Waals surface area contributed by atoms with Gasteiger partial charge in [-0.2, -0.15) is 5.10 Å². The Labute approximate surface area is 139 Å². The number of benzene rings is 1. The fourth-order valence-electron chi connectivity index (χ4n) is 1.94. The third kappa shape index (κ3) is 3.42. The first-order valence-corrected chi connectivity index (χ1v) is 8.29. The van der Waals surface area contributed by atoms with Gasteiger partial charge in [0.2, 0.25) is 0 Å². The summed E-state index contributed by atoms with van der Waals surface area (Å²) in [6.45, 7) is 2.35. The van der Waals surface area contributed by atoms with Gasteiger partial charge >= 0.3 is 0 Å². The average Bonchev–Trinajstić information content (AvgIpc) is 3.15. The number of hydrogen-bond donors (Lipinski definition) is 2. The van der Waals surface area contributed by atoms with Gasteiger partial charge in [0.05, 0.1) is 12.2 Å². The summed E-state index contributed by atoms with van der Waals surface area (Å²) in [6, 6.07) is 9.51. The van der Waals surface area contributed by atoms with Crippen molar-refractivity contribution in [3.8, 4) is 11.3 Å². The molecule has 1 amide bonds. The van der Waals surface area contributed by atoms with Crippen LogP contribution < -0.4 is 5.32 Å². The van der Waals surface area contributed by atoms with Crippen LogP contribution in [0.4, 0.5) is 0 Å². The second-order valence-corrected chi connectivity index (χ2v) is 6.60. The number of halogens is 1. The number of carbonyl (C=O) groups is 1. The minimum atomic E-state index is -0.191. The van der Waals surface area contributed by atoms with Gasteiger partial charge in [-0.1, -0.05) is 28.1 Å². The smallest absolute Gasteiger partial charge is 0.269 e. The summed E-state index contributed by atoms with van der Waals surface area (Å²) in [5.74, 6) is -0.191. The van der Waals surface area contributed by atoms with Crippen LogP contribution in [0, 0.1) is 6.92 Å². The van der Waals surface area contributed by atoms with Crippen molar-refractivity contribution in [2.45, 2.75) is 13.5 Å². The first-order valence-electron chi connectivity index (χ1n) is 6.62. The number of H-pyrrole nitrogens is 1. The van der Waals surface area contributed by atoms with Crippen molar-refractivity contribution in [3.63, 3.8) is 0 Å². The minimum Gasteiger partial charge on any atom is -0.344 e. The second kappa shape index (κ2) is 6.41. The maximum atomic E-state index is 12.1. The Kier molecular flexibility index (Phi) is 4.35. The Morgan fingerprint density at radius 1 is 1.36 bits per heavy atom. The lowest BCUT2D eigenvalue weighted by atomic mass is 10.1. The molecular formula is C15H13BrN4OS. The summed E-state index contributed by atoms with van der Waals surface area (Å²) in [7, 11) is 0. The van der Waals surface area contributed by atoms with E-state index >= 15 is 0 Å². The molecule has 2 aromatic heterocycles. The molecule has 7 heteroatoms. The first kappa shape index (κ1) is 14.9. The van der Waals surface area contributed by atoms with Gasteiger partial charge in [0.1, 0.15) is 10.7 Å². The number of thiazole rings is 1. The summed E-state index contributed by atoms with van der Waals surface area (Å²) in [5.41, 5.74) is 3.09. The van der Waals surface area contributed by atoms with E-state index in [9.17, 15) is 4.79 Å². The standard InChI is InChI=1S/C15H13BrN4OS/c1-9-8-22-14(18-9)7-17-15(21)13-6-12(19-20-13)10-2-4-11(16)5-3-10/h2-6,8H,7H2,1H3,(H,17,21)(H,19,20). The first-order chi connectivity index (χ1) is 10.6. The molecule has 0 aliphatic rings. The third-order valence-electron chi connectivity index (χ3n) is 3.03. The highest BCUT2D eigenvalue weighted by Gasteiger charge is 2.11. The van der Waals surface area contributed by atoms with Gasteiger partial charge in [-0.05, 0) is 25.1 Å². The molecule has 5 nitrogen and oxygen atoms in total. The van der Waals surface area contributed by atoms with E-state index in [1.165, 1.54) is 11.3 Å². The summed E-state index contributed by atoms with van der Waals surface area (Å²) in [5, 5.41) is 12.6. The van der Waals surface area contributed by atoms with Crippen molar-refractivity contribution in [3.05, 3.63) is 56.6 Å². The zero-order valence-corrected chi connectivity index (χ0v) is 14.2. The Balaban J connectivity index is 1.67. The topological polar surface area (TPSA) is 70.7 Å². The van der Waals surface area contributed by atoms with Crippen LogP contribution in [-0.4, -0.2) is 21.1 Å². The van der Waals surface area contributed by atoms with Crippen LogP contribution in [0.25, 0.3) is 11.3 Å². The van der Waals surface area contributed by atoms with Crippen LogP contribution in [0.3, 0.4) is 0 Å². The molecule has 0 saturated carbocycles. The molecule has 0 bridgehead atoms. The molecule has 112 valence electrons. The van der Waals surface area contributed by atoms with Crippen molar-refractivity contribution in [1.29, 1.82) is 0 Å². The highest BCUT2D eigenvalue weighted by molar-refractivity contribution is 9.10. The summed E-state index contributed by atoms with van der Waals surface area (Å²) in [6.07, 6.45) is 0. The van der Waals surface area contributed by atoms with Gasteiger partial charge in [-0.15, -0.1) is 11.3 Å². The zero-order chi connectivity index (χ0) is 15.5. The van der Waals surface area contributed by atoms with Gasteiger partial charge in [0.15, 0.2) is 0 Å². The quantitative estimate of drug-likeness (QED) is 0.731. The Morgan fingerprint density at radius 3 is 2.82 bits per heavy atom. The van der Waals surface area contributed by atoms with E-state index < -0.39 is 0 Å². The molecule has 3 rings (SSSR count). The van der Waals surface area contributed by atoms with Gasteiger partial charge in [0, 0.05) is 21.1 Å². The number of aromatic amines is 1. The van der Waals surface area contributed by atoms with Crippen LogP contribution in [-0.2, 0) is 6.54 Å². The molecule has 22 heavy (non-hydrogen) atoms. The Bertz CT molecular complexity index is 794. The highest BCUT2D eigenvalue weighted by Crippen LogP contribution is 2.20. The van der Waals surface area contributed by atoms with E-state index in [0.29, 0.717) is 12.2 Å². The van der Waals surface area contributed by atoms with Crippen LogP contribution in [0.5, 0.6) is 0 Å². The predicted octanol–water partition coefficient (Wildman–Crippen LogP) is 3.53. The van der Waals surface area contributed by atoms with E-state index in [-0.39, 0.29) is 5.91 Å². The molecule has 1 aromatic carbocycles. The summed E-state index contributed by atoms with van der Waals surface area (Å²) in [4.78, 5) is 16.4. The van der Waals surface area contributed by atoms with Gasteiger partial charge in [0.25, 0.3) is 5.91 Å². The molecule has 0 fully saturated rings. The lowest BCUT2D eigenvalue weighted by molar-refractivity contribution is 0.0946. The van der Waals surface area contributed by atoms with Crippen molar-refractivity contribution in [1.82, 2.24) is 20.5 Å². The van der Waals surface area contributed by atoms with Gasteiger partial charge in [-0.25, -0.2) is 4.98 Å². The molecule has 2 N–H and O–H groups in total. The Morgan fingerprint density at radius 2 is 2.14 bits per heavy atom. The largest absolute Gasteiger partial charge is 0.344 e. The Hall–Kier alpha value is -1.99. The lowest BCUT2D eigenvalue weighted by Gasteiger charge is -1.99. The zero-order valence-electron chi connectivity index (χ0n) is 11.8.